The van der Waals surface area contributed by atoms with Gasteiger partial charge in [0, 0.05) is 5.56 Å². The first-order chi connectivity index (χ1) is 14.6. The fourth-order valence-corrected chi connectivity index (χ4v) is 6.09. The summed E-state index contributed by atoms with van der Waals surface area (Å²) in [5.41, 5.74) is 2.24. The Kier molecular flexibility index (Phi) is 7.23. The molecule has 0 spiro atoms. The second-order valence-corrected chi connectivity index (χ2v) is 9.81. The van der Waals surface area contributed by atoms with Crippen LogP contribution >= 0.6 is 0 Å². The molecule has 0 radical (unpaired) electrons. The van der Waals surface area contributed by atoms with Crippen LogP contribution in [0.5, 0.6) is 0 Å². The first-order valence-corrected chi connectivity index (χ1v) is 12.2. The molecule has 0 heterocycles. The van der Waals surface area contributed by atoms with Gasteiger partial charge in [-0.2, -0.15) is 0 Å². The Balaban J connectivity index is 1.35. The maximum absolute atomic E-state index is 14.9. The lowest BCUT2D eigenvalue weighted by molar-refractivity contribution is 0.113. The van der Waals surface area contributed by atoms with Crippen LogP contribution in [0.2, 0.25) is 0 Å². The lowest BCUT2D eigenvalue weighted by Crippen LogP contribution is -2.30. The summed E-state index contributed by atoms with van der Waals surface area (Å²) in [6.07, 6.45) is 14.8. The minimum absolute atomic E-state index is 0.226. The molecule has 2 aliphatic carbocycles. The highest BCUT2D eigenvalue weighted by molar-refractivity contribution is 5.64. The van der Waals surface area contributed by atoms with E-state index in [1.165, 1.54) is 82.8 Å². The Morgan fingerprint density at radius 1 is 0.833 bits per heavy atom. The van der Waals surface area contributed by atoms with Crippen molar-refractivity contribution in [2.45, 2.75) is 83.5 Å². The Labute approximate surface area is 181 Å². The van der Waals surface area contributed by atoms with Crippen molar-refractivity contribution in [3.63, 3.8) is 0 Å². The predicted molar refractivity (Wildman–Crippen MR) is 121 cm³/mol. The standard InChI is InChI=1S/C28H36F2/c1-2-3-4-5-7-20-10-11-22-17-23(13-12-21(22)16-20)24-14-15-27(28(30)19-24)25-8-6-9-26(29)18-25/h6,8-9,14-15,18-23H,2-5,7,10-13,16-17H2,1H3/t20?,21-,22-,23-/m1/s1. The minimum atomic E-state index is -0.324. The van der Waals surface area contributed by atoms with Crippen molar-refractivity contribution in [2.24, 2.45) is 17.8 Å². The van der Waals surface area contributed by atoms with Crippen LogP contribution in [0.25, 0.3) is 11.1 Å². The predicted octanol–water partition coefficient (Wildman–Crippen LogP) is 8.90. The summed E-state index contributed by atoms with van der Waals surface area (Å²) in [5.74, 6) is 2.58. The Hall–Kier alpha value is -1.70. The zero-order valence-corrected chi connectivity index (χ0v) is 18.4. The van der Waals surface area contributed by atoms with Gasteiger partial charge in [-0.3, -0.25) is 0 Å². The van der Waals surface area contributed by atoms with Crippen molar-refractivity contribution < 1.29 is 8.78 Å². The molecule has 0 aliphatic heterocycles. The molecule has 2 saturated carbocycles. The molecule has 30 heavy (non-hydrogen) atoms. The Morgan fingerprint density at radius 3 is 2.47 bits per heavy atom. The summed E-state index contributed by atoms with van der Waals surface area (Å²) < 4.78 is 28.4. The van der Waals surface area contributed by atoms with Crippen LogP contribution < -0.4 is 0 Å². The summed E-state index contributed by atoms with van der Waals surface area (Å²) in [6.45, 7) is 2.28. The summed E-state index contributed by atoms with van der Waals surface area (Å²) in [4.78, 5) is 0. The topological polar surface area (TPSA) is 0 Å². The number of rotatable bonds is 7. The quantitative estimate of drug-likeness (QED) is 0.400. The van der Waals surface area contributed by atoms with Gasteiger partial charge in [0.15, 0.2) is 0 Å². The van der Waals surface area contributed by atoms with E-state index >= 15 is 0 Å². The van der Waals surface area contributed by atoms with Crippen LogP contribution in [-0.2, 0) is 0 Å². The Bertz CT molecular complexity index is 827. The molecule has 2 aliphatic rings. The molecule has 0 saturated heterocycles. The molecule has 0 bridgehead atoms. The van der Waals surface area contributed by atoms with Crippen LogP contribution in [-0.4, -0.2) is 0 Å². The van der Waals surface area contributed by atoms with Gasteiger partial charge in [0.2, 0.25) is 0 Å². The summed E-state index contributed by atoms with van der Waals surface area (Å²) >= 11 is 0. The normalized spacial score (nSPS) is 26.4. The number of halogens is 2. The van der Waals surface area contributed by atoms with Gasteiger partial charge in [0.25, 0.3) is 0 Å². The highest BCUT2D eigenvalue weighted by Crippen LogP contribution is 2.48. The summed E-state index contributed by atoms with van der Waals surface area (Å²) in [7, 11) is 0. The molecular weight excluding hydrogens is 374 g/mol. The van der Waals surface area contributed by atoms with Crippen molar-refractivity contribution in [1.82, 2.24) is 0 Å². The van der Waals surface area contributed by atoms with Crippen LogP contribution in [0.1, 0.15) is 89.0 Å². The molecule has 0 aromatic heterocycles. The Morgan fingerprint density at radius 2 is 1.67 bits per heavy atom. The first-order valence-electron chi connectivity index (χ1n) is 12.2. The maximum atomic E-state index is 14.9. The van der Waals surface area contributed by atoms with Crippen molar-refractivity contribution in [3.05, 3.63) is 59.7 Å². The third kappa shape index (κ3) is 5.13. The highest BCUT2D eigenvalue weighted by atomic mass is 19.1. The highest BCUT2D eigenvalue weighted by Gasteiger charge is 2.35. The molecule has 0 N–H and O–H groups in total. The molecule has 4 atom stereocenters. The average molecular weight is 411 g/mol. The van der Waals surface area contributed by atoms with Gasteiger partial charge in [0.1, 0.15) is 11.6 Å². The van der Waals surface area contributed by atoms with E-state index in [1.54, 1.807) is 18.2 Å². The molecule has 2 fully saturated rings. The van der Waals surface area contributed by atoms with Gasteiger partial charge < -0.3 is 0 Å². The van der Waals surface area contributed by atoms with Crippen molar-refractivity contribution in [2.75, 3.05) is 0 Å². The van der Waals surface area contributed by atoms with E-state index in [1.807, 2.05) is 6.07 Å². The fourth-order valence-electron chi connectivity index (χ4n) is 6.09. The SMILES string of the molecule is CCCCCCC1CC[C@@H]2C[C@H](c3ccc(-c4cccc(F)c4)c(F)c3)CC[C@@H]2C1. The van der Waals surface area contributed by atoms with Gasteiger partial charge in [-0.05, 0) is 85.1 Å². The molecule has 0 nitrogen and oxygen atoms in total. The molecule has 2 aromatic carbocycles. The molecule has 1 unspecified atom stereocenters. The molecular formula is C28H36F2. The molecule has 4 rings (SSSR count). The van der Waals surface area contributed by atoms with E-state index < -0.39 is 0 Å². The summed E-state index contributed by atoms with van der Waals surface area (Å²) in [5, 5.41) is 0. The summed E-state index contributed by atoms with van der Waals surface area (Å²) in [6, 6.07) is 11.8. The number of hydrogen-bond acceptors (Lipinski definition) is 0. The second-order valence-electron chi connectivity index (χ2n) is 9.81. The number of unbranched alkanes of at least 4 members (excludes halogenated alkanes) is 3. The molecule has 2 heteroatoms. The third-order valence-electron chi connectivity index (χ3n) is 7.79. The fraction of sp³-hybridized carbons (Fsp3) is 0.571. The van der Waals surface area contributed by atoms with Gasteiger partial charge in [-0.15, -0.1) is 0 Å². The minimum Gasteiger partial charge on any atom is -0.207 e. The monoisotopic (exact) mass is 410 g/mol. The van der Waals surface area contributed by atoms with E-state index in [4.69, 9.17) is 0 Å². The van der Waals surface area contributed by atoms with E-state index in [-0.39, 0.29) is 11.6 Å². The van der Waals surface area contributed by atoms with Crippen LogP contribution in [0.3, 0.4) is 0 Å². The van der Waals surface area contributed by atoms with Gasteiger partial charge in [-0.1, -0.05) is 69.7 Å². The maximum Gasteiger partial charge on any atom is 0.131 e. The van der Waals surface area contributed by atoms with E-state index in [0.717, 1.165) is 23.3 Å². The molecule has 162 valence electrons. The van der Waals surface area contributed by atoms with Gasteiger partial charge in [0.05, 0.1) is 0 Å². The smallest absolute Gasteiger partial charge is 0.131 e. The van der Waals surface area contributed by atoms with Crippen LogP contribution in [0, 0.1) is 29.4 Å². The van der Waals surface area contributed by atoms with Gasteiger partial charge in [-0.25, -0.2) is 8.78 Å². The van der Waals surface area contributed by atoms with E-state index in [9.17, 15) is 8.78 Å². The zero-order chi connectivity index (χ0) is 20.9. The van der Waals surface area contributed by atoms with Crippen molar-refractivity contribution in [3.8, 4) is 11.1 Å². The van der Waals surface area contributed by atoms with Crippen molar-refractivity contribution in [1.29, 1.82) is 0 Å². The number of hydrogen-bond donors (Lipinski definition) is 0. The van der Waals surface area contributed by atoms with Crippen molar-refractivity contribution >= 4 is 0 Å². The molecule has 0 amide bonds. The number of fused-ring (bicyclic) bond motifs is 1. The zero-order valence-electron chi connectivity index (χ0n) is 18.4. The number of benzene rings is 2. The molecule has 2 aromatic rings. The second kappa shape index (κ2) is 10.1. The third-order valence-corrected chi connectivity index (χ3v) is 7.79. The first kappa shape index (κ1) is 21.5. The average Bonchev–Trinajstić information content (AvgIpc) is 2.76. The van der Waals surface area contributed by atoms with Gasteiger partial charge >= 0.3 is 0 Å². The van der Waals surface area contributed by atoms with E-state index in [0.29, 0.717) is 17.0 Å². The van der Waals surface area contributed by atoms with Crippen LogP contribution in [0.15, 0.2) is 42.5 Å². The largest absolute Gasteiger partial charge is 0.207 e. The lowest BCUT2D eigenvalue weighted by atomic mass is 9.63. The lowest BCUT2D eigenvalue weighted by Gasteiger charge is -2.42. The van der Waals surface area contributed by atoms with E-state index in [2.05, 4.69) is 13.0 Å². The van der Waals surface area contributed by atoms with Crippen LogP contribution in [0.4, 0.5) is 8.78 Å².